The molecule has 2 rings (SSSR count). The Morgan fingerprint density at radius 2 is 1.82 bits per heavy atom. The summed E-state index contributed by atoms with van der Waals surface area (Å²) in [6, 6.07) is 10.2. The molecule has 1 aromatic heterocycles. The van der Waals surface area contributed by atoms with Crippen LogP contribution in [0.1, 0.15) is 17.0 Å². The maximum atomic E-state index is 5.72. The van der Waals surface area contributed by atoms with Crippen LogP contribution in [0.3, 0.4) is 0 Å². The van der Waals surface area contributed by atoms with Gasteiger partial charge in [0.25, 0.3) is 0 Å². The lowest BCUT2D eigenvalue weighted by atomic mass is 10.2. The Balaban J connectivity index is 2.48. The largest absolute Gasteiger partial charge is 0.497 e. The van der Waals surface area contributed by atoms with Crippen molar-refractivity contribution in [3.63, 3.8) is 0 Å². The molecule has 2 N–H and O–H groups in total. The lowest BCUT2D eigenvalue weighted by molar-refractivity contribution is 0.414. The first-order chi connectivity index (χ1) is 8.17. The third-order valence-corrected chi connectivity index (χ3v) is 3.09. The van der Waals surface area contributed by atoms with Crippen LogP contribution >= 0.6 is 0 Å². The van der Waals surface area contributed by atoms with Crippen molar-refractivity contribution in [2.45, 2.75) is 20.4 Å². The molecule has 2 aromatic rings. The van der Waals surface area contributed by atoms with Crippen LogP contribution in [0.5, 0.6) is 5.75 Å². The van der Waals surface area contributed by atoms with Crippen molar-refractivity contribution in [1.82, 2.24) is 4.57 Å². The summed E-state index contributed by atoms with van der Waals surface area (Å²) in [5.74, 6) is 0.871. The van der Waals surface area contributed by atoms with Crippen LogP contribution in [0.4, 0.5) is 0 Å². The molecule has 17 heavy (non-hydrogen) atoms. The van der Waals surface area contributed by atoms with Gasteiger partial charge in [0.15, 0.2) is 0 Å². The van der Waals surface area contributed by atoms with E-state index in [2.05, 4.69) is 36.6 Å². The fraction of sp³-hybridized carbons (Fsp3) is 0.286. The van der Waals surface area contributed by atoms with Gasteiger partial charge >= 0.3 is 0 Å². The van der Waals surface area contributed by atoms with Crippen molar-refractivity contribution in [3.05, 3.63) is 47.3 Å². The average Bonchev–Trinajstić information content (AvgIpc) is 2.64. The molecule has 1 heterocycles. The molecule has 0 spiro atoms. The first kappa shape index (κ1) is 11.7. The second kappa shape index (κ2) is 4.63. The zero-order chi connectivity index (χ0) is 12.4. The van der Waals surface area contributed by atoms with E-state index in [1.807, 2.05) is 12.1 Å². The van der Waals surface area contributed by atoms with Crippen molar-refractivity contribution in [1.29, 1.82) is 0 Å². The second-order valence-electron chi connectivity index (χ2n) is 4.13. The molecule has 0 bridgehead atoms. The molecule has 0 aliphatic carbocycles. The monoisotopic (exact) mass is 230 g/mol. The molecule has 0 unspecified atom stereocenters. The predicted octanol–water partition coefficient (Wildman–Crippen LogP) is 2.56. The van der Waals surface area contributed by atoms with Gasteiger partial charge in [-0.1, -0.05) is 0 Å². The quantitative estimate of drug-likeness (QED) is 0.880. The van der Waals surface area contributed by atoms with Crippen molar-refractivity contribution in [2.24, 2.45) is 5.73 Å². The van der Waals surface area contributed by atoms with E-state index in [1.165, 1.54) is 17.0 Å². The fourth-order valence-corrected chi connectivity index (χ4v) is 2.16. The normalized spacial score (nSPS) is 10.6. The van der Waals surface area contributed by atoms with Crippen LogP contribution in [-0.4, -0.2) is 11.7 Å². The van der Waals surface area contributed by atoms with Crippen molar-refractivity contribution in [3.8, 4) is 11.4 Å². The Labute approximate surface area is 102 Å². The van der Waals surface area contributed by atoms with Crippen molar-refractivity contribution >= 4 is 0 Å². The number of aromatic nitrogens is 1. The number of nitrogens with two attached hydrogens (primary N) is 1. The van der Waals surface area contributed by atoms with Gasteiger partial charge in [0.1, 0.15) is 5.75 Å². The first-order valence-corrected chi connectivity index (χ1v) is 5.69. The third kappa shape index (κ3) is 2.06. The minimum atomic E-state index is 0.579. The van der Waals surface area contributed by atoms with E-state index in [-0.39, 0.29) is 0 Å². The van der Waals surface area contributed by atoms with E-state index in [0.717, 1.165) is 11.4 Å². The second-order valence-corrected chi connectivity index (χ2v) is 4.13. The number of nitrogens with zero attached hydrogens (tertiary/aromatic N) is 1. The number of benzene rings is 1. The molecule has 3 nitrogen and oxygen atoms in total. The minimum absolute atomic E-state index is 0.579. The molecule has 1 aromatic carbocycles. The summed E-state index contributed by atoms with van der Waals surface area (Å²) in [4.78, 5) is 0. The SMILES string of the molecule is COc1ccc(-n2c(C)cc(CN)c2C)cc1. The van der Waals surface area contributed by atoms with Gasteiger partial charge in [0.05, 0.1) is 7.11 Å². The van der Waals surface area contributed by atoms with Crippen LogP contribution in [0.2, 0.25) is 0 Å². The van der Waals surface area contributed by atoms with E-state index in [1.54, 1.807) is 7.11 Å². The summed E-state index contributed by atoms with van der Waals surface area (Å²) in [5, 5.41) is 0. The van der Waals surface area contributed by atoms with E-state index in [9.17, 15) is 0 Å². The topological polar surface area (TPSA) is 40.2 Å². The van der Waals surface area contributed by atoms with Crippen LogP contribution in [0, 0.1) is 13.8 Å². The molecule has 0 radical (unpaired) electrons. The molecule has 0 amide bonds. The Morgan fingerprint density at radius 1 is 1.18 bits per heavy atom. The zero-order valence-corrected chi connectivity index (χ0v) is 10.5. The van der Waals surface area contributed by atoms with Crippen molar-refractivity contribution < 1.29 is 4.74 Å². The predicted molar refractivity (Wildman–Crippen MR) is 69.7 cm³/mol. The molecular weight excluding hydrogens is 212 g/mol. The highest BCUT2D eigenvalue weighted by Gasteiger charge is 2.09. The molecule has 0 saturated carbocycles. The zero-order valence-electron chi connectivity index (χ0n) is 10.5. The maximum absolute atomic E-state index is 5.72. The maximum Gasteiger partial charge on any atom is 0.119 e. The number of rotatable bonds is 3. The van der Waals surface area contributed by atoms with E-state index in [0.29, 0.717) is 6.54 Å². The minimum Gasteiger partial charge on any atom is -0.497 e. The summed E-state index contributed by atoms with van der Waals surface area (Å²) >= 11 is 0. The van der Waals surface area contributed by atoms with Gasteiger partial charge in [-0.2, -0.15) is 0 Å². The van der Waals surface area contributed by atoms with Gasteiger partial charge in [0, 0.05) is 23.6 Å². The molecular formula is C14H18N2O. The summed E-state index contributed by atoms with van der Waals surface area (Å²) in [7, 11) is 1.67. The highest BCUT2D eigenvalue weighted by Crippen LogP contribution is 2.22. The molecule has 0 aliphatic heterocycles. The number of hydrogen-bond donors (Lipinski definition) is 1. The van der Waals surface area contributed by atoms with Gasteiger partial charge in [-0.3, -0.25) is 0 Å². The molecule has 0 fully saturated rings. The number of aryl methyl sites for hydroxylation is 1. The van der Waals surface area contributed by atoms with E-state index < -0.39 is 0 Å². The van der Waals surface area contributed by atoms with Crippen LogP contribution < -0.4 is 10.5 Å². The first-order valence-electron chi connectivity index (χ1n) is 5.69. The van der Waals surface area contributed by atoms with Crippen LogP contribution in [0.15, 0.2) is 30.3 Å². The van der Waals surface area contributed by atoms with Gasteiger partial charge in [-0.15, -0.1) is 0 Å². The fourth-order valence-electron chi connectivity index (χ4n) is 2.16. The van der Waals surface area contributed by atoms with E-state index >= 15 is 0 Å². The van der Waals surface area contributed by atoms with E-state index in [4.69, 9.17) is 10.5 Å². The molecule has 3 heteroatoms. The molecule has 0 aliphatic rings. The highest BCUT2D eigenvalue weighted by molar-refractivity contribution is 5.43. The van der Waals surface area contributed by atoms with Crippen LogP contribution in [-0.2, 0) is 6.54 Å². The number of methoxy groups -OCH3 is 1. The lowest BCUT2D eigenvalue weighted by Crippen LogP contribution is -2.01. The molecule has 0 atom stereocenters. The van der Waals surface area contributed by atoms with Gasteiger partial charge in [-0.25, -0.2) is 0 Å². The molecule has 0 saturated heterocycles. The van der Waals surface area contributed by atoms with Crippen LogP contribution in [0.25, 0.3) is 5.69 Å². The number of ether oxygens (including phenoxy) is 1. The Bertz CT molecular complexity index is 512. The molecule has 90 valence electrons. The van der Waals surface area contributed by atoms with Gasteiger partial charge in [-0.05, 0) is 49.7 Å². The average molecular weight is 230 g/mol. The highest BCUT2D eigenvalue weighted by atomic mass is 16.5. The Hall–Kier alpha value is -1.74. The van der Waals surface area contributed by atoms with Gasteiger partial charge < -0.3 is 15.0 Å². The Morgan fingerprint density at radius 3 is 2.29 bits per heavy atom. The standard InChI is InChI=1S/C14H18N2O/c1-10-8-12(9-15)11(2)16(10)13-4-6-14(17-3)7-5-13/h4-8H,9,15H2,1-3H3. The summed E-state index contributed by atoms with van der Waals surface area (Å²) in [5.41, 5.74) is 10.5. The summed E-state index contributed by atoms with van der Waals surface area (Å²) < 4.78 is 7.37. The Kier molecular flexibility index (Phi) is 3.20. The third-order valence-electron chi connectivity index (χ3n) is 3.09. The van der Waals surface area contributed by atoms with Gasteiger partial charge in [0.2, 0.25) is 0 Å². The van der Waals surface area contributed by atoms with Crippen molar-refractivity contribution in [2.75, 3.05) is 7.11 Å². The lowest BCUT2D eigenvalue weighted by Gasteiger charge is -2.10. The summed E-state index contributed by atoms with van der Waals surface area (Å²) in [6.07, 6.45) is 0. The smallest absolute Gasteiger partial charge is 0.119 e. The number of hydrogen-bond acceptors (Lipinski definition) is 2. The summed E-state index contributed by atoms with van der Waals surface area (Å²) in [6.45, 7) is 4.77.